The molecular formula is C15H28N4O. The van der Waals surface area contributed by atoms with Gasteiger partial charge in [-0.2, -0.15) is 4.98 Å². The van der Waals surface area contributed by atoms with E-state index in [2.05, 4.69) is 34.2 Å². The van der Waals surface area contributed by atoms with Gasteiger partial charge in [0.2, 0.25) is 5.89 Å². The fourth-order valence-corrected chi connectivity index (χ4v) is 2.85. The monoisotopic (exact) mass is 280 g/mol. The third kappa shape index (κ3) is 4.87. The number of nitrogens with one attached hydrogen (secondary N) is 1. The minimum atomic E-state index is 0.779. The number of aromatic nitrogens is 2. The molecule has 0 bridgehead atoms. The zero-order valence-electron chi connectivity index (χ0n) is 12.9. The Hall–Kier alpha value is -0.940. The van der Waals surface area contributed by atoms with Gasteiger partial charge in [-0.1, -0.05) is 19.0 Å². The summed E-state index contributed by atoms with van der Waals surface area (Å²) in [6, 6.07) is 0. The molecule has 0 aliphatic carbocycles. The minimum absolute atomic E-state index is 0.779. The highest BCUT2D eigenvalue weighted by molar-refractivity contribution is 4.87. The van der Waals surface area contributed by atoms with E-state index in [0.717, 1.165) is 63.2 Å². The maximum atomic E-state index is 5.28. The third-order valence-corrected chi connectivity index (χ3v) is 3.85. The first-order valence-electron chi connectivity index (χ1n) is 8.06. The second kappa shape index (κ2) is 8.37. The van der Waals surface area contributed by atoms with Crippen LogP contribution in [0.3, 0.4) is 0 Å². The van der Waals surface area contributed by atoms with E-state index in [0.29, 0.717) is 0 Å². The van der Waals surface area contributed by atoms with Crippen molar-refractivity contribution in [1.29, 1.82) is 0 Å². The molecule has 1 aromatic heterocycles. The van der Waals surface area contributed by atoms with Crippen LogP contribution in [0.15, 0.2) is 4.52 Å². The van der Waals surface area contributed by atoms with Gasteiger partial charge in [0, 0.05) is 13.0 Å². The van der Waals surface area contributed by atoms with E-state index >= 15 is 0 Å². The van der Waals surface area contributed by atoms with Crippen LogP contribution in [0.5, 0.6) is 0 Å². The molecule has 5 nitrogen and oxygen atoms in total. The Labute approximate surface area is 122 Å². The Morgan fingerprint density at radius 2 is 2.05 bits per heavy atom. The maximum absolute atomic E-state index is 5.28. The number of aryl methyl sites for hydroxylation is 1. The lowest BCUT2D eigenvalue weighted by molar-refractivity contribution is 0.193. The van der Waals surface area contributed by atoms with Crippen LogP contribution in [0.1, 0.15) is 51.2 Å². The fourth-order valence-electron chi connectivity index (χ4n) is 2.85. The van der Waals surface area contributed by atoms with Gasteiger partial charge >= 0.3 is 0 Å². The molecule has 0 unspecified atom stereocenters. The molecule has 1 aliphatic heterocycles. The normalized spacial score (nSPS) is 16.9. The van der Waals surface area contributed by atoms with E-state index in [-0.39, 0.29) is 0 Å². The Bertz CT molecular complexity index is 374. The van der Waals surface area contributed by atoms with Crippen molar-refractivity contribution in [3.63, 3.8) is 0 Å². The molecule has 2 heterocycles. The van der Waals surface area contributed by atoms with Crippen molar-refractivity contribution >= 4 is 0 Å². The second-order valence-electron chi connectivity index (χ2n) is 5.78. The zero-order chi connectivity index (χ0) is 14.2. The lowest BCUT2D eigenvalue weighted by atomic mass is 9.97. The van der Waals surface area contributed by atoms with Crippen LogP contribution in [0.2, 0.25) is 0 Å². The standard InChI is InChI=1S/C15H28N4O/c1-3-5-15-17-14(18-20-15)12-19(10-4-2)11-13-6-8-16-9-7-13/h13,16H,3-12H2,1-2H3. The van der Waals surface area contributed by atoms with Gasteiger partial charge in [0.25, 0.3) is 0 Å². The molecule has 0 amide bonds. The average molecular weight is 280 g/mol. The number of hydrogen-bond acceptors (Lipinski definition) is 5. The van der Waals surface area contributed by atoms with E-state index < -0.39 is 0 Å². The van der Waals surface area contributed by atoms with E-state index in [1.807, 2.05) is 0 Å². The van der Waals surface area contributed by atoms with E-state index in [1.54, 1.807) is 0 Å². The van der Waals surface area contributed by atoms with Crippen molar-refractivity contribution in [1.82, 2.24) is 20.4 Å². The van der Waals surface area contributed by atoms with Crippen LogP contribution < -0.4 is 5.32 Å². The molecule has 5 heteroatoms. The molecule has 114 valence electrons. The van der Waals surface area contributed by atoms with Crippen molar-refractivity contribution in [2.45, 2.75) is 52.5 Å². The minimum Gasteiger partial charge on any atom is -0.339 e. The van der Waals surface area contributed by atoms with Gasteiger partial charge in [-0.15, -0.1) is 0 Å². The Morgan fingerprint density at radius 3 is 2.75 bits per heavy atom. The first-order chi connectivity index (χ1) is 9.81. The highest BCUT2D eigenvalue weighted by Crippen LogP contribution is 2.15. The second-order valence-corrected chi connectivity index (χ2v) is 5.78. The highest BCUT2D eigenvalue weighted by atomic mass is 16.5. The number of hydrogen-bond donors (Lipinski definition) is 1. The molecule has 0 radical (unpaired) electrons. The summed E-state index contributed by atoms with van der Waals surface area (Å²) in [7, 11) is 0. The van der Waals surface area contributed by atoms with Gasteiger partial charge in [-0.25, -0.2) is 0 Å². The van der Waals surface area contributed by atoms with Crippen LogP contribution in [-0.4, -0.2) is 41.2 Å². The van der Waals surface area contributed by atoms with Crippen LogP contribution in [-0.2, 0) is 13.0 Å². The summed E-state index contributed by atoms with van der Waals surface area (Å²) in [5.41, 5.74) is 0. The SMILES string of the molecule is CCCc1nc(CN(CCC)CC2CCNCC2)no1. The summed E-state index contributed by atoms with van der Waals surface area (Å²) in [6.07, 6.45) is 5.68. The highest BCUT2D eigenvalue weighted by Gasteiger charge is 2.18. The summed E-state index contributed by atoms with van der Waals surface area (Å²) in [4.78, 5) is 6.97. The van der Waals surface area contributed by atoms with Gasteiger partial charge in [-0.05, 0) is 51.2 Å². The molecule has 0 aromatic carbocycles. The lowest BCUT2D eigenvalue weighted by Gasteiger charge is -2.29. The number of nitrogens with zero attached hydrogens (tertiary/aromatic N) is 3. The van der Waals surface area contributed by atoms with Crippen molar-refractivity contribution in [3.8, 4) is 0 Å². The van der Waals surface area contributed by atoms with Crippen LogP contribution in [0.25, 0.3) is 0 Å². The number of rotatable bonds is 8. The topological polar surface area (TPSA) is 54.2 Å². The summed E-state index contributed by atoms with van der Waals surface area (Å²) < 4.78 is 5.28. The molecule has 20 heavy (non-hydrogen) atoms. The molecule has 1 aromatic rings. The summed E-state index contributed by atoms with van der Waals surface area (Å²) in [6.45, 7) is 9.78. The molecule has 2 rings (SSSR count). The van der Waals surface area contributed by atoms with Crippen molar-refractivity contribution < 1.29 is 4.52 Å². The van der Waals surface area contributed by atoms with Crippen molar-refractivity contribution in [3.05, 3.63) is 11.7 Å². The van der Waals surface area contributed by atoms with E-state index in [4.69, 9.17) is 4.52 Å². The smallest absolute Gasteiger partial charge is 0.226 e. The maximum Gasteiger partial charge on any atom is 0.226 e. The van der Waals surface area contributed by atoms with E-state index in [1.165, 1.54) is 19.3 Å². The quantitative estimate of drug-likeness (QED) is 0.791. The molecular weight excluding hydrogens is 252 g/mol. The van der Waals surface area contributed by atoms with Gasteiger partial charge in [0.05, 0.1) is 6.54 Å². The van der Waals surface area contributed by atoms with Crippen LogP contribution in [0, 0.1) is 5.92 Å². The summed E-state index contributed by atoms with van der Waals surface area (Å²) >= 11 is 0. The molecule has 0 saturated carbocycles. The Morgan fingerprint density at radius 1 is 1.25 bits per heavy atom. The Balaban J connectivity index is 1.86. The molecule has 1 fully saturated rings. The van der Waals surface area contributed by atoms with Gasteiger partial charge in [0.15, 0.2) is 5.82 Å². The average Bonchev–Trinajstić information content (AvgIpc) is 2.88. The lowest BCUT2D eigenvalue weighted by Crippen LogP contribution is -2.36. The fraction of sp³-hybridized carbons (Fsp3) is 0.867. The molecule has 1 N–H and O–H groups in total. The van der Waals surface area contributed by atoms with E-state index in [9.17, 15) is 0 Å². The third-order valence-electron chi connectivity index (χ3n) is 3.85. The van der Waals surface area contributed by atoms with Gasteiger partial charge in [0.1, 0.15) is 0 Å². The largest absolute Gasteiger partial charge is 0.339 e. The molecule has 1 saturated heterocycles. The van der Waals surface area contributed by atoms with Crippen molar-refractivity contribution in [2.24, 2.45) is 5.92 Å². The Kier molecular flexibility index (Phi) is 6.47. The van der Waals surface area contributed by atoms with Gasteiger partial charge in [-0.3, -0.25) is 4.90 Å². The van der Waals surface area contributed by atoms with Crippen LogP contribution in [0.4, 0.5) is 0 Å². The predicted octanol–water partition coefficient (Wildman–Crippen LogP) is 2.23. The zero-order valence-corrected chi connectivity index (χ0v) is 12.9. The van der Waals surface area contributed by atoms with Crippen LogP contribution >= 0.6 is 0 Å². The summed E-state index contributed by atoms with van der Waals surface area (Å²) in [5, 5.41) is 7.54. The predicted molar refractivity (Wildman–Crippen MR) is 79.5 cm³/mol. The van der Waals surface area contributed by atoms with Gasteiger partial charge < -0.3 is 9.84 Å². The molecule has 0 spiro atoms. The summed E-state index contributed by atoms with van der Waals surface area (Å²) in [5.74, 6) is 2.43. The first kappa shape index (κ1) is 15.4. The van der Waals surface area contributed by atoms with Crippen molar-refractivity contribution in [2.75, 3.05) is 26.2 Å². The number of piperidine rings is 1. The molecule has 0 atom stereocenters. The molecule has 1 aliphatic rings. The first-order valence-corrected chi connectivity index (χ1v) is 8.06.